The standard InChI is InChI=1S/C8H17N3O/c1-8(2)6-10-3-4-11(8)7(12)5-9/h10H,3-6,9H2,1-2H3. The van der Waals surface area contributed by atoms with Crippen LogP contribution >= 0.6 is 0 Å². The Morgan fingerprint density at radius 1 is 1.67 bits per heavy atom. The first-order valence-corrected chi connectivity index (χ1v) is 4.29. The summed E-state index contributed by atoms with van der Waals surface area (Å²) >= 11 is 0. The number of nitrogens with zero attached hydrogens (tertiary/aromatic N) is 1. The van der Waals surface area contributed by atoms with E-state index in [1.165, 1.54) is 0 Å². The molecule has 1 saturated heterocycles. The van der Waals surface area contributed by atoms with Gasteiger partial charge in [-0.15, -0.1) is 0 Å². The van der Waals surface area contributed by atoms with Gasteiger partial charge < -0.3 is 16.0 Å². The summed E-state index contributed by atoms with van der Waals surface area (Å²) in [4.78, 5) is 13.2. The van der Waals surface area contributed by atoms with E-state index in [2.05, 4.69) is 5.32 Å². The number of carbonyl (C=O) groups is 1. The summed E-state index contributed by atoms with van der Waals surface area (Å²) in [5.74, 6) is 0.0431. The van der Waals surface area contributed by atoms with E-state index in [9.17, 15) is 4.79 Å². The molecule has 1 fully saturated rings. The summed E-state index contributed by atoms with van der Waals surface area (Å²) in [6.45, 7) is 6.69. The molecule has 0 aliphatic carbocycles. The van der Waals surface area contributed by atoms with Crippen molar-refractivity contribution < 1.29 is 4.79 Å². The van der Waals surface area contributed by atoms with E-state index in [1.807, 2.05) is 18.7 Å². The second kappa shape index (κ2) is 3.41. The molecule has 1 heterocycles. The first-order valence-electron chi connectivity index (χ1n) is 4.29. The summed E-state index contributed by atoms with van der Waals surface area (Å²) in [6.07, 6.45) is 0. The maximum atomic E-state index is 11.4. The molecule has 12 heavy (non-hydrogen) atoms. The minimum Gasteiger partial charge on any atom is -0.334 e. The van der Waals surface area contributed by atoms with Crippen molar-refractivity contribution in [2.24, 2.45) is 5.73 Å². The van der Waals surface area contributed by atoms with Crippen molar-refractivity contribution in [1.29, 1.82) is 0 Å². The van der Waals surface area contributed by atoms with Gasteiger partial charge in [0.15, 0.2) is 0 Å². The Morgan fingerprint density at radius 3 is 2.83 bits per heavy atom. The van der Waals surface area contributed by atoms with Crippen molar-refractivity contribution in [2.45, 2.75) is 19.4 Å². The Balaban J connectivity index is 2.66. The highest BCUT2D eigenvalue weighted by atomic mass is 16.2. The third-order valence-electron chi connectivity index (χ3n) is 2.28. The van der Waals surface area contributed by atoms with Crippen LogP contribution in [0.15, 0.2) is 0 Å². The molecule has 0 bridgehead atoms. The zero-order valence-corrected chi connectivity index (χ0v) is 7.76. The number of piperazine rings is 1. The zero-order chi connectivity index (χ0) is 9.19. The van der Waals surface area contributed by atoms with Gasteiger partial charge in [0.2, 0.25) is 5.91 Å². The van der Waals surface area contributed by atoms with Crippen LogP contribution in [-0.4, -0.2) is 42.5 Å². The number of amides is 1. The molecule has 0 saturated carbocycles. The molecular formula is C8H17N3O. The molecule has 1 rings (SSSR count). The molecule has 1 amide bonds. The number of carbonyl (C=O) groups excluding carboxylic acids is 1. The van der Waals surface area contributed by atoms with Gasteiger partial charge in [-0.25, -0.2) is 0 Å². The van der Waals surface area contributed by atoms with Crippen LogP contribution in [0, 0.1) is 0 Å². The SMILES string of the molecule is CC1(C)CNCCN1C(=O)CN. The number of nitrogens with one attached hydrogen (secondary N) is 1. The average Bonchev–Trinajstić information content (AvgIpc) is 2.02. The fourth-order valence-corrected chi connectivity index (χ4v) is 1.56. The highest BCUT2D eigenvalue weighted by molar-refractivity contribution is 5.79. The summed E-state index contributed by atoms with van der Waals surface area (Å²) in [5, 5.41) is 3.25. The molecule has 4 nitrogen and oxygen atoms in total. The minimum atomic E-state index is -0.0886. The van der Waals surface area contributed by atoms with Crippen LogP contribution in [0.5, 0.6) is 0 Å². The molecule has 1 aliphatic heterocycles. The van der Waals surface area contributed by atoms with Crippen molar-refractivity contribution in [3.8, 4) is 0 Å². The van der Waals surface area contributed by atoms with Crippen molar-refractivity contribution in [1.82, 2.24) is 10.2 Å². The summed E-state index contributed by atoms with van der Waals surface area (Å²) < 4.78 is 0. The van der Waals surface area contributed by atoms with Gasteiger partial charge in [-0.3, -0.25) is 4.79 Å². The smallest absolute Gasteiger partial charge is 0.236 e. The lowest BCUT2D eigenvalue weighted by Crippen LogP contribution is -2.60. The average molecular weight is 171 g/mol. The number of rotatable bonds is 1. The normalized spacial score (nSPS) is 22.4. The van der Waals surface area contributed by atoms with Crippen molar-refractivity contribution in [3.05, 3.63) is 0 Å². The first kappa shape index (κ1) is 9.48. The molecule has 1 aliphatic rings. The van der Waals surface area contributed by atoms with Crippen LogP contribution < -0.4 is 11.1 Å². The quantitative estimate of drug-likeness (QED) is 0.540. The number of nitrogens with two attached hydrogens (primary N) is 1. The van der Waals surface area contributed by atoms with Crippen LogP contribution in [-0.2, 0) is 4.79 Å². The van der Waals surface area contributed by atoms with E-state index in [-0.39, 0.29) is 18.0 Å². The molecule has 0 unspecified atom stereocenters. The van der Waals surface area contributed by atoms with E-state index in [0.29, 0.717) is 0 Å². The van der Waals surface area contributed by atoms with E-state index in [4.69, 9.17) is 5.73 Å². The third-order valence-corrected chi connectivity index (χ3v) is 2.28. The van der Waals surface area contributed by atoms with E-state index in [1.54, 1.807) is 0 Å². The molecule has 0 radical (unpaired) electrons. The van der Waals surface area contributed by atoms with Crippen molar-refractivity contribution in [2.75, 3.05) is 26.2 Å². The van der Waals surface area contributed by atoms with Crippen molar-refractivity contribution in [3.63, 3.8) is 0 Å². The molecule has 3 N–H and O–H groups in total. The fourth-order valence-electron chi connectivity index (χ4n) is 1.56. The van der Waals surface area contributed by atoms with Crippen LogP contribution in [0.2, 0.25) is 0 Å². The maximum absolute atomic E-state index is 11.4. The Hall–Kier alpha value is -0.610. The van der Waals surface area contributed by atoms with Gasteiger partial charge in [-0.2, -0.15) is 0 Å². The second-order valence-corrected chi connectivity index (χ2v) is 3.74. The maximum Gasteiger partial charge on any atom is 0.236 e. The number of hydrogen-bond donors (Lipinski definition) is 2. The monoisotopic (exact) mass is 171 g/mol. The third kappa shape index (κ3) is 1.76. The van der Waals surface area contributed by atoms with Gasteiger partial charge in [-0.05, 0) is 13.8 Å². The minimum absolute atomic E-state index is 0.0431. The van der Waals surface area contributed by atoms with Gasteiger partial charge in [0.05, 0.1) is 6.54 Å². The van der Waals surface area contributed by atoms with E-state index < -0.39 is 0 Å². The van der Waals surface area contributed by atoms with Crippen LogP contribution in [0.25, 0.3) is 0 Å². The molecule has 0 aromatic rings. The van der Waals surface area contributed by atoms with E-state index in [0.717, 1.165) is 19.6 Å². The highest BCUT2D eigenvalue weighted by Gasteiger charge is 2.32. The Labute approximate surface area is 73.1 Å². The number of hydrogen-bond acceptors (Lipinski definition) is 3. The molecule has 0 aromatic carbocycles. The van der Waals surface area contributed by atoms with Crippen LogP contribution in [0.1, 0.15) is 13.8 Å². The van der Waals surface area contributed by atoms with Gasteiger partial charge in [0.1, 0.15) is 0 Å². The summed E-state index contributed by atoms with van der Waals surface area (Å²) in [5.41, 5.74) is 5.22. The largest absolute Gasteiger partial charge is 0.334 e. The lowest BCUT2D eigenvalue weighted by molar-refractivity contribution is -0.136. The molecule has 0 atom stereocenters. The molecular weight excluding hydrogens is 154 g/mol. The predicted octanol–water partition coefficient (Wildman–Crippen LogP) is -0.844. The lowest BCUT2D eigenvalue weighted by atomic mass is 10.0. The van der Waals surface area contributed by atoms with Gasteiger partial charge >= 0.3 is 0 Å². The topological polar surface area (TPSA) is 58.4 Å². The Bertz CT molecular complexity index is 179. The van der Waals surface area contributed by atoms with Crippen molar-refractivity contribution >= 4 is 5.91 Å². The van der Waals surface area contributed by atoms with E-state index >= 15 is 0 Å². The second-order valence-electron chi connectivity index (χ2n) is 3.74. The van der Waals surface area contributed by atoms with Gasteiger partial charge in [-0.1, -0.05) is 0 Å². The first-order chi connectivity index (χ1) is 5.58. The summed E-state index contributed by atoms with van der Waals surface area (Å²) in [7, 11) is 0. The fraction of sp³-hybridized carbons (Fsp3) is 0.875. The molecule has 4 heteroatoms. The van der Waals surface area contributed by atoms with Gasteiger partial charge in [0, 0.05) is 25.2 Å². The predicted molar refractivity (Wildman–Crippen MR) is 47.7 cm³/mol. The Morgan fingerprint density at radius 2 is 2.33 bits per heavy atom. The molecule has 0 aromatic heterocycles. The Kier molecular flexibility index (Phi) is 2.69. The molecule has 0 spiro atoms. The highest BCUT2D eigenvalue weighted by Crippen LogP contribution is 2.15. The van der Waals surface area contributed by atoms with Gasteiger partial charge in [0.25, 0.3) is 0 Å². The zero-order valence-electron chi connectivity index (χ0n) is 7.76. The lowest BCUT2D eigenvalue weighted by Gasteiger charge is -2.42. The van der Waals surface area contributed by atoms with Crippen LogP contribution in [0.4, 0.5) is 0 Å². The van der Waals surface area contributed by atoms with Crippen LogP contribution in [0.3, 0.4) is 0 Å². The molecule has 70 valence electrons. The summed E-state index contributed by atoms with van der Waals surface area (Å²) in [6, 6.07) is 0.